The third kappa shape index (κ3) is 4.12. The number of nitrogens with one attached hydrogen (secondary N) is 2. The molecular weight excluding hydrogens is 248 g/mol. The molecule has 0 spiro atoms. The van der Waals surface area contributed by atoms with Crippen molar-refractivity contribution in [3.8, 4) is 0 Å². The summed E-state index contributed by atoms with van der Waals surface area (Å²) in [4.78, 5) is 0. The summed E-state index contributed by atoms with van der Waals surface area (Å²) < 4.78 is 5.46. The smallest absolute Gasteiger partial charge is 0.315 e. The lowest BCUT2D eigenvalue weighted by atomic mass is 10.2. The molecule has 5 nitrogen and oxygen atoms in total. The summed E-state index contributed by atoms with van der Waals surface area (Å²) in [5.41, 5.74) is 1.33. The average Bonchev–Trinajstić information content (AvgIpc) is 2.97. The maximum atomic E-state index is 5.46. The maximum Gasteiger partial charge on any atom is 0.315 e. The highest BCUT2D eigenvalue weighted by Gasteiger charge is 2.05. The SMILES string of the molecule is CC(C)NCc1nnc(NCCc2ccsc2)o1. The Morgan fingerprint density at radius 3 is 3.00 bits per heavy atom. The minimum Gasteiger partial charge on any atom is -0.407 e. The summed E-state index contributed by atoms with van der Waals surface area (Å²) in [6.45, 7) is 5.57. The van der Waals surface area contributed by atoms with Crippen molar-refractivity contribution in [1.29, 1.82) is 0 Å². The van der Waals surface area contributed by atoms with E-state index in [1.165, 1.54) is 5.56 Å². The maximum absolute atomic E-state index is 5.46. The van der Waals surface area contributed by atoms with E-state index in [0.717, 1.165) is 13.0 Å². The number of anilines is 1. The minimum absolute atomic E-state index is 0.409. The van der Waals surface area contributed by atoms with Crippen molar-refractivity contribution in [3.05, 3.63) is 28.3 Å². The molecule has 2 aromatic heterocycles. The van der Waals surface area contributed by atoms with Crippen LogP contribution in [0.1, 0.15) is 25.3 Å². The van der Waals surface area contributed by atoms with E-state index in [1.807, 2.05) is 0 Å². The molecule has 0 aromatic carbocycles. The zero-order valence-electron chi connectivity index (χ0n) is 10.6. The van der Waals surface area contributed by atoms with Crippen LogP contribution in [0, 0.1) is 0 Å². The highest BCUT2D eigenvalue weighted by Crippen LogP contribution is 2.08. The van der Waals surface area contributed by atoms with E-state index in [1.54, 1.807) is 11.3 Å². The van der Waals surface area contributed by atoms with Gasteiger partial charge in [-0.2, -0.15) is 11.3 Å². The van der Waals surface area contributed by atoms with Gasteiger partial charge in [-0.1, -0.05) is 18.9 Å². The van der Waals surface area contributed by atoms with E-state index >= 15 is 0 Å². The Labute approximate surface area is 111 Å². The van der Waals surface area contributed by atoms with Crippen LogP contribution in [0.3, 0.4) is 0 Å². The minimum atomic E-state index is 0.409. The third-order valence-corrected chi connectivity index (χ3v) is 3.13. The Kier molecular flexibility index (Phi) is 4.72. The van der Waals surface area contributed by atoms with Crippen LogP contribution in [0.4, 0.5) is 6.01 Å². The quantitative estimate of drug-likeness (QED) is 0.805. The first-order valence-electron chi connectivity index (χ1n) is 6.05. The summed E-state index contributed by atoms with van der Waals surface area (Å²) in [7, 11) is 0. The predicted molar refractivity (Wildman–Crippen MR) is 72.8 cm³/mol. The molecule has 0 bridgehead atoms. The molecule has 0 aliphatic heterocycles. The lowest BCUT2D eigenvalue weighted by Crippen LogP contribution is -2.21. The Morgan fingerprint density at radius 1 is 1.39 bits per heavy atom. The van der Waals surface area contributed by atoms with Gasteiger partial charge in [0.05, 0.1) is 6.54 Å². The zero-order valence-corrected chi connectivity index (χ0v) is 11.5. The van der Waals surface area contributed by atoms with Crippen molar-refractivity contribution in [3.63, 3.8) is 0 Å². The molecule has 2 heterocycles. The van der Waals surface area contributed by atoms with E-state index in [9.17, 15) is 0 Å². The molecule has 6 heteroatoms. The number of rotatable bonds is 7. The van der Waals surface area contributed by atoms with Crippen LogP contribution in [0.25, 0.3) is 0 Å². The van der Waals surface area contributed by atoms with Crippen molar-refractivity contribution in [1.82, 2.24) is 15.5 Å². The number of hydrogen-bond donors (Lipinski definition) is 2. The molecule has 0 saturated heterocycles. The van der Waals surface area contributed by atoms with Gasteiger partial charge < -0.3 is 15.1 Å². The fourth-order valence-corrected chi connectivity index (χ4v) is 2.14. The normalized spacial score (nSPS) is 11.1. The van der Waals surface area contributed by atoms with E-state index < -0.39 is 0 Å². The lowest BCUT2D eigenvalue weighted by Gasteiger charge is -2.03. The van der Waals surface area contributed by atoms with Crippen molar-refractivity contribution in [2.45, 2.75) is 32.9 Å². The summed E-state index contributed by atoms with van der Waals surface area (Å²) in [5, 5.41) is 18.5. The molecular formula is C12H18N4OS. The van der Waals surface area contributed by atoms with Gasteiger partial charge in [0.25, 0.3) is 0 Å². The Bertz CT molecular complexity index is 452. The van der Waals surface area contributed by atoms with Gasteiger partial charge in [-0.15, -0.1) is 5.10 Å². The largest absolute Gasteiger partial charge is 0.407 e. The Balaban J connectivity index is 1.73. The zero-order chi connectivity index (χ0) is 12.8. The second-order valence-electron chi connectivity index (χ2n) is 4.34. The second-order valence-corrected chi connectivity index (χ2v) is 5.12. The number of nitrogens with zero attached hydrogens (tertiary/aromatic N) is 2. The molecule has 0 aliphatic carbocycles. The lowest BCUT2D eigenvalue weighted by molar-refractivity contribution is 0.458. The Morgan fingerprint density at radius 2 is 2.28 bits per heavy atom. The molecule has 2 N–H and O–H groups in total. The first kappa shape index (κ1) is 13.0. The average molecular weight is 266 g/mol. The molecule has 0 unspecified atom stereocenters. The number of hydrogen-bond acceptors (Lipinski definition) is 6. The summed E-state index contributed by atoms with van der Waals surface area (Å²) in [6.07, 6.45) is 0.964. The highest BCUT2D eigenvalue weighted by molar-refractivity contribution is 7.07. The van der Waals surface area contributed by atoms with E-state index in [0.29, 0.717) is 24.5 Å². The summed E-state index contributed by atoms with van der Waals surface area (Å²) in [5.74, 6) is 0.613. The topological polar surface area (TPSA) is 63.0 Å². The molecule has 0 aliphatic rings. The van der Waals surface area contributed by atoms with Gasteiger partial charge >= 0.3 is 6.01 Å². The van der Waals surface area contributed by atoms with Gasteiger partial charge in [-0.25, -0.2) is 0 Å². The molecule has 2 rings (SSSR count). The third-order valence-electron chi connectivity index (χ3n) is 2.40. The van der Waals surface area contributed by atoms with Crippen molar-refractivity contribution >= 4 is 17.4 Å². The fourth-order valence-electron chi connectivity index (χ4n) is 1.44. The van der Waals surface area contributed by atoms with Gasteiger partial charge in [0.2, 0.25) is 5.89 Å². The molecule has 0 atom stereocenters. The van der Waals surface area contributed by atoms with Crippen LogP contribution in [-0.4, -0.2) is 22.8 Å². The first-order valence-corrected chi connectivity index (χ1v) is 6.99. The van der Waals surface area contributed by atoms with Crippen LogP contribution >= 0.6 is 11.3 Å². The van der Waals surface area contributed by atoms with Crippen LogP contribution in [0.15, 0.2) is 21.2 Å². The number of thiophene rings is 1. The molecule has 18 heavy (non-hydrogen) atoms. The van der Waals surface area contributed by atoms with E-state index in [4.69, 9.17) is 4.42 Å². The van der Waals surface area contributed by atoms with Crippen molar-refractivity contribution < 1.29 is 4.42 Å². The van der Waals surface area contributed by atoms with E-state index in [2.05, 4.69) is 51.5 Å². The van der Waals surface area contributed by atoms with Gasteiger partial charge in [0.1, 0.15) is 0 Å². The van der Waals surface area contributed by atoms with Gasteiger partial charge in [0, 0.05) is 12.6 Å². The monoisotopic (exact) mass is 266 g/mol. The van der Waals surface area contributed by atoms with Crippen LogP contribution in [-0.2, 0) is 13.0 Å². The molecule has 0 radical (unpaired) electrons. The molecule has 0 saturated carbocycles. The van der Waals surface area contributed by atoms with Gasteiger partial charge in [0.15, 0.2) is 0 Å². The summed E-state index contributed by atoms with van der Waals surface area (Å²) in [6, 6.07) is 3.02. The van der Waals surface area contributed by atoms with Crippen LogP contribution in [0.5, 0.6) is 0 Å². The highest BCUT2D eigenvalue weighted by atomic mass is 32.1. The van der Waals surface area contributed by atoms with Crippen molar-refractivity contribution in [2.75, 3.05) is 11.9 Å². The van der Waals surface area contributed by atoms with Gasteiger partial charge in [-0.3, -0.25) is 0 Å². The van der Waals surface area contributed by atoms with E-state index in [-0.39, 0.29) is 0 Å². The molecule has 0 fully saturated rings. The standard InChI is InChI=1S/C12H18N4OS/c1-9(2)14-7-11-15-16-12(17-11)13-5-3-10-4-6-18-8-10/h4,6,8-9,14H,3,5,7H2,1-2H3,(H,13,16). The molecule has 0 amide bonds. The van der Waals surface area contributed by atoms with Gasteiger partial charge in [-0.05, 0) is 28.8 Å². The number of aromatic nitrogens is 2. The summed E-state index contributed by atoms with van der Waals surface area (Å²) >= 11 is 1.71. The fraction of sp³-hybridized carbons (Fsp3) is 0.500. The van der Waals surface area contributed by atoms with Crippen LogP contribution in [0.2, 0.25) is 0 Å². The Hall–Kier alpha value is -1.40. The predicted octanol–water partition coefficient (Wildman–Crippen LogP) is 2.28. The second kappa shape index (κ2) is 6.51. The van der Waals surface area contributed by atoms with Crippen LogP contribution < -0.4 is 10.6 Å². The first-order chi connectivity index (χ1) is 8.74. The molecule has 98 valence electrons. The molecule has 2 aromatic rings. The van der Waals surface area contributed by atoms with Crippen molar-refractivity contribution in [2.24, 2.45) is 0 Å².